The molecule has 0 aliphatic carbocycles. The average Bonchev–Trinajstić information content (AvgIpc) is 3.07. The van der Waals surface area contributed by atoms with E-state index >= 15 is 0 Å². The second-order valence-corrected chi connectivity index (χ2v) is 5.49. The molecule has 0 aliphatic rings. The fourth-order valence-corrected chi connectivity index (χ4v) is 2.63. The topological polar surface area (TPSA) is 62.8 Å². The second-order valence-electron chi connectivity index (χ2n) is 5.05. The number of methoxy groups -OCH3 is 1. The molecule has 1 aromatic heterocycles. The number of halogens is 4. The van der Waals surface area contributed by atoms with Crippen LogP contribution in [0.4, 0.5) is 24.7 Å². The third-order valence-electron chi connectivity index (χ3n) is 3.47. The van der Waals surface area contributed by atoms with Crippen LogP contribution in [0.25, 0.3) is 11.1 Å². The van der Waals surface area contributed by atoms with Crippen LogP contribution in [0, 0.1) is 0 Å². The summed E-state index contributed by atoms with van der Waals surface area (Å²) in [6.45, 7) is 0. The molecule has 0 unspecified atom stereocenters. The Bertz CT molecular complexity index is 882. The van der Waals surface area contributed by atoms with Crippen molar-refractivity contribution in [2.24, 2.45) is 0 Å². The van der Waals surface area contributed by atoms with E-state index in [4.69, 9.17) is 16.3 Å². The van der Waals surface area contributed by atoms with Gasteiger partial charge in [0.2, 0.25) is 0 Å². The summed E-state index contributed by atoms with van der Waals surface area (Å²) >= 11 is 5.75. The first kappa shape index (κ1) is 17.1. The van der Waals surface area contributed by atoms with E-state index in [9.17, 15) is 13.2 Å². The SMILES string of the molecule is COc1c(Nc2cn[nH]n2)cccc1-c1ccc(Cl)cc1C(F)(F)F. The van der Waals surface area contributed by atoms with Crippen molar-refractivity contribution in [1.29, 1.82) is 0 Å². The number of aromatic amines is 1. The first-order chi connectivity index (χ1) is 11.9. The van der Waals surface area contributed by atoms with Gasteiger partial charge in [0, 0.05) is 10.6 Å². The number of hydrogen-bond acceptors (Lipinski definition) is 4. The van der Waals surface area contributed by atoms with Crippen molar-refractivity contribution in [2.75, 3.05) is 12.4 Å². The zero-order valence-corrected chi connectivity index (χ0v) is 13.6. The van der Waals surface area contributed by atoms with Gasteiger partial charge in [0.05, 0.1) is 24.6 Å². The van der Waals surface area contributed by atoms with Gasteiger partial charge in [-0.15, -0.1) is 5.10 Å². The fourth-order valence-electron chi connectivity index (χ4n) is 2.45. The van der Waals surface area contributed by atoms with Gasteiger partial charge in [0.15, 0.2) is 5.82 Å². The number of ether oxygens (including phenoxy) is 1. The molecule has 1 heterocycles. The number of para-hydroxylation sites is 1. The van der Waals surface area contributed by atoms with Crippen LogP contribution in [0.1, 0.15) is 5.56 Å². The minimum absolute atomic E-state index is 0.00641. The standard InChI is InChI=1S/C16H12ClF3N4O/c1-25-15-11(3-2-4-13(15)22-14-8-21-24-23-14)10-6-5-9(17)7-12(10)16(18,19)20/h2-8H,1H3,(H2,21,22,23,24). The Hall–Kier alpha value is -2.74. The van der Waals surface area contributed by atoms with Crippen LogP contribution in [0.15, 0.2) is 42.6 Å². The number of benzene rings is 2. The normalized spacial score (nSPS) is 11.4. The Kier molecular flexibility index (Phi) is 4.54. The Morgan fingerprint density at radius 1 is 1.16 bits per heavy atom. The van der Waals surface area contributed by atoms with Gasteiger partial charge in [-0.05, 0) is 23.8 Å². The zero-order chi connectivity index (χ0) is 18.0. The van der Waals surface area contributed by atoms with Crippen molar-refractivity contribution in [3.8, 4) is 16.9 Å². The maximum atomic E-state index is 13.4. The van der Waals surface area contributed by atoms with E-state index in [0.29, 0.717) is 11.5 Å². The molecule has 5 nitrogen and oxygen atoms in total. The molecule has 0 saturated carbocycles. The lowest BCUT2D eigenvalue weighted by atomic mass is 9.97. The minimum Gasteiger partial charge on any atom is -0.494 e. The predicted molar refractivity (Wildman–Crippen MR) is 88.1 cm³/mol. The molecule has 0 saturated heterocycles. The summed E-state index contributed by atoms with van der Waals surface area (Å²) in [5.74, 6) is 0.654. The van der Waals surface area contributed by atoms with Crippen LogP contribution in [0.5, 0.6) is 5.75 Å². The predicted octanol–water partition coefficient (Wildman–Crippen LogP) is 4.90. The summed E-state index contributed by atoms with van der Waals surface area (Å²) in [5, 5.41) is 12.9. The summed E-state index contributed by atoms with van der Waals surface area (Å²) in [6, 6.07) is 8.46. The quantitative estimate of drug-likeness (QED) is 0.687. The summed E-state index contributed by atoms with van der Waals surface area (Å²) in [6.07, 6.45) is -3.11. The van der Waals surface area contributed by atoms with Crippen molar-refractivity contribution in [2.45, 2.75) is 6.18 Å². The number of H-pyrrole nitrogens is 1. The number of alkyl halides is 3. The molecule has 2 N–H and O–H groups in total. The summed E-state index contributed by atoms with van der Waals surface area (Å²) < 4.78 is 45.6. The third kappa shape index (κ3) is 3.53. The van der Waals surface area contributed by atoms with Crippen molar-refractivity contribution in [3.63, 3.8) is 0 Å². The van der Waals surface area contributed by atoms with Gasteiger partial charge in [-0.25, -0.2) is 0 Å². The molecule has 0 spiro atoms. The Labute approximate surface area is 145 Å². The number of aromatic nitrogens is 3. The van der Waals surface area contributed by atoms with E-state index in [0.717, 1.165) is 6.07 Å². The molecule has 3 rings (SSSR count). The first-order valence-corrected chi connectivity index (χ1v) is 7.45. The van der Waals surface area contributed by atoms with Crippen LogP contribution in [-0.2, 0) is 6.18 Å². The first-order valence-electron chi connectivity index (χ1n) is 7.07. The third-order valence-corrected chi connectivity index (χ3v) is 3.71. The van der Waals surface area contributed by atoms with E-state index in [2.05, 4.69) is 20.7 Å². The molecule has 130 valence electrons. The number of hydrogen-bond donors (Lipinski definition) is 2. The zero-order valence-electron chi connectivity index (χ0n) is 12.9. The second kappa shape index (κ2) is 6.64. The minimum atomic E-state index is -4.55. The van der Waals surface area contributed by atoms with Crippen molar-refractivity contribution < 1.29 is 17.9 Å². The van der Waals surface area contributed by atoms with E-state index in [1.807, 2.05) is 0 Å². The highest BCUT2D eigenvalue weighted by Gasteiger charge is 2.34. The van der Waals surface area contributed by atoms with E-state index in [1.165, 1.54) is 25.4 Å². The molecule has 0 radical (unpaired) electrons. The van der Waals surface area contributed by atoms with Gasteiger partial charge in [0.25, 0.3) is 0 Å². The molecule has 3 aromatic rings. The Morgan fingerprint density at radius 2 is 1.96 bits per heavy atom. The van der Waals surface area contributed by atoms with E-state index < -0.39 is 11.7 Å². The Morgan fingerprint density at radius 3 is 2.60 bits per heavy atom. The largest absolute Gasteiger partial charge is 0.494 e. The van der Waals surface area contributed by atoms with Gasteiger partial charge in [-0.2, -0.15) is 23.5 Å². The van der Waals surface area contributed by atoms with Gasteiger partial charge >= 0.3 is 6.18 Å². The van der Waals surface area contributed by atoms with Crippen LogP contribution in [0.2, 0.25) is 5.02 Å². The molecule has 0 amide bonds. The van der Waals surface area contributed by atoms with Crippen LogP contribution >= 0.6 is 11.6 Å². The highest BCUT2D eigenvalue weighted by Crippen LogP contribution is 2.44. The molecule has 25 heavy (non-hydrogen) atoms. The number of nitrogens with one attached hydrogen (secondary N) is 2. The summed E-state index contributed by atoms with van der Waals surface area (Å²) in [5.41, 5.74) is -0.133. The molecule has 2 aromatic carbocycles. The van der Waals surface area contributed by atoms with Crippen LogP contribution < -0.4 is 10.1 Å². The Balaban J connectivity index is 2.15. The van der Waals surface area contributed by atoms with E-state index in [-0.39, 0.29) is 21.9 Å². The van der Waals surface area contributed by atoms with Crippen LogP contribution in [-0.4, -0.2) is 22.5 Å². The van der Waals surface area contributed by atoms with E-state index in [1.54, 1.807) is 18.2 Å². The van der Waals surface area contributed by atoms with Crippen molar-refractivity contribution in [1.82, 2.24) is 15.4 Å². The number of nitrogens with zero attached hydrogens (tertiary/aromatic N) is 2. The fraction of sp³-hybridized carbons (Fsp3) is 0.125. The lowest BCUT2D eigenvalue weighted by molar-refractivity contribution is -0.137. The monoisotopic (exact) mass is 368 g/mol. The molecule has 9 heteroatoms. The van der Waals surface area contributed by atoms with Crippen LogP contribution in [0.3, 0.4) is 0 Å². The molecular weight excluding hydrogens is 357 g/mol. The lowest BCUT2D eigenvalue weighted by Crippen LogP contribution is -2.08. The van der Waals surface area contributed by atoms with Gasteiger partial charge < -0.3 is 10.1 Å². The van der Waals surface area contributed by atoms with Crippen molar-refractivity contribution in [3.05, 3.63) is 53.2 Å². The maximum Gasteiger partial charge on any atom is 0.417 e. The van der Waals surface area contributed by atoms with Crippen molar-refractivity contribution >= 4 is 23.1 Å². The molecule has 0 aliphatic heterocycles. The molecule has 0 atom stereocenters. The highest BCUT2D eigenvalue weighted by atomic mass is 35.5. The lowest BCUT2D eigenvalue weighted by Gasteiger charge is -2.18. The smallest absolute Gasteiger partial charge is 0.417 e. The van der Waals surface area contributed by atoms with Gasteiger partial charge in [-0.1, -0.05) is 29.8 Å². The van der Waals surface area contributed by atoms with Gasteiger partial charge in [0.1, 0.15) is 5.75 Å². The maximum absolute atomic E-state index is 13.4. The molecular formula is C16H12ClF3N4O. The number of anilines is 2. The summed E-state index contributed by atoms with van der Waals surface area (Å²) in [7, 11) is 1.38. The molecule has 0 bridgehead atoms. The molecule has 0 fully saturated rings. The number of rotatable bonds is 4. The highest BCUT2D eigenvalue weighted by molar-refractivity contribution is 6.30. The average molecular weight is 369 g/mol. The van der Waals surface area contributed by atoms with Gasteiger partial charge in [-0.3, -0.25) is 0 Å². The summed E-state index contributed by atoms with van der Waals surface area (Å²) in [4.78, 5) is 0.